The van der Waals surface area contributed by atoms with E-state index in [4.69, 9.17) is 9.47 Å². The van der Waals surface area contributed by atoms with Gasteiger partial charge in [0.2, 0.25) is 0 Å². The highest BCUT2D eigenvalue weighted by Crippen LogP contribution is 2.27. The molecule has 0 radical (unpaired) electrons. The van der Waals surface area contributed by atoms with Gasteiger partial charge in [0.05, 0.1) is 26.0 Å². The number of methoxy groups -OCH3 is 2. The van der Waals surface area contributed by atoms with Crippen molar-refractivity contribution < 1.29 is 14.3 Å². The molecule has 2 aromatic rings. The molecule has 1 fully saturated rings. The lowest BCUT2D eigenvalue weighted by atomic mass is 9.96. The maximum absolute atomic E-state index is 12.3. The van der Waals surface area contributed by atoms with Crippen LogP contribution in [0.1, 0.15) is 44.2 Å². The van der Waals surface area contributed by atoms with E-state index in [1.807, 2.05) is 36.4 Å². The number of hydrogen-bond acceptors (Lipinski definition) is 4. The van der Waals surface area contributed by atoms with Crippen LogP contribution in [0.2, 0.25) is 0 Å². The van der Waals surface area contributed by atoms with E-state index < -0.39 is 5.97 Å². The van der Waals surface area contributed by atoms with Gasteiger partial charge in [-0.2, -0.15) is 0 Å². The number of carbonyl (C=O) groups excluding carboxylic acids is 1. The lowest BCUT2D eigenvalue weighted by Crippen LogP contribution is -2.45. The Hall–Kier alpha value is -2.77. The summed E-state index contributed by atoms with van der Waals surface area (Å²) in [6, 6.07) is 12.0. The van der Waals surface area contributed by atoms with Crippen molar-refractivity contribution in [1.82, 2.24) is 4.90 Å². The fourth-order valence-corrected chi connectivity index (χ4v) is 3.79. The second kappa shape index (κ2) is 9.15. The van der Waals surface area contributed by atoms with Gasteiger partial charge < -0.3 is 9.47 Å². The number of piperidine rings is 1. The Morgan fingerprint density at radius 1 is 1.10 bits per heavy atom. The monoisotopic (exact) mass is 391 g/mol. The van der Waals surface area contributed by atoms with Gasteiger partial charge in [-0.1, -0.05) is 42.5 Å². The predicted molar refractivity (Wildman–Crippen MR) is 117 cm³/mol. The molecule has 0 aliphatic carbocycles. The fraction of sp³-hybridized carbons (Fsp3) is 0.400. The number of rotatable bonds is 4. The number of esters is 1. The van der Waals surface area contributed by atoms with Gasteiger partial charge in [-0.3, -0.25) is 4.90 Å². The summed E-state index contributed by atoms with van der Waals surface area (Å²) in [5, 5.41) is 1.98. The van der Waals surface area contributed by atoms with Crippen LogP contribution in [-0.4, -0.2) is 43.7 Å². The quantitative estimate of drug-likeness (QED) is 0.330. The molecule has 0 spiro atoms. The van der Waals surface area contributed by atoms with Crippen molar-refractivity contribution in [2.24, 2.45) is 0 Å². The van der Waals surface area contributed by atoms with Crippen LogP contribution in [0.15, 0.2) is 42.7 Å². The number of hydrogen-bond donors (Lipinski definition) is 0. The zero-order valence-corrected chi connectivity index (χ0v) is 17.7. The van der Waals surface area contributed by atoms with Gasteiger partial charge in [-0.05, 0) is 68.2 Å². The van der Waals surface area contributed by atoms with Gasteiger partial charge in [-0.25, -0.2) is 4.79 Å². The van der Waals surface area contributed by atoms with Crippen LogP contribution < -0.4 is 0 Å². The van der Waals surface area contributed by atoms with E-state index in [1.54, 1.807) is 0 Å². The van der Waals surface area contributed by atoms with E-state index in [0.29, 0.717) is 5.57 Å². The Kier molecular flexibility index (Phi) is 6.61. The topological polar surface area (TPSA) is 38.8 Å². The molecule has 1 saturated heterocycles. The van der Waals surface area contributed by atoms with E-state index >= 15 is 0 Å². The van der Waals surface area contributed by atoms with Gasteiger partial charge >= 0.3 is 5.97 Å². The molecule has 2 aromatic carbocycles. The summed E-state index contributed by atoms with van der Waals surface area (Å²) in [6.45, 7) is 6.59. The summed E-state index contributed by atoms with van der Waals surface area (Å²) < 4.78 is 10.1. The van der Waals surface area contributed by atoms with Crippen molar-refractivity contribution in [2.75, 3.05) is 27.3 Å². The maximum atomic E-state index is 12.3. The molecule has 0 bridgehead atoms. The van der Waals surface area contributed by atoms with Crippen molar-refractivity contribution in [3.05, 3.63) is 53.8 Å². The average molecular weight is 392 g/mol. The van der Waals surface area contributed by atoms with E-state index in [1.165, 1.54) is 39.7 Å². The lowest BCUT2D eigenvalue weighted by Gasteiger charge is -2.37. The SMILES string of the molecule is CO/C=C(/C(=O)OC)c1cccc2ccc(C#CC(C)(C)N3CCCCC3)cc12. The number of nitrogens with zero attached hydrogens (tertiary/aromatic N) is 1. The Bertz CT molecular complexity index is 972. The largest absolute Gasteiger partial charge is 0.503 e. The summed E-state index contributed by atoms with van der Waals surface area (Å²) in [5.41, 5.74) is 1.92. The van der Waals surface area contributed by atoms with Crippen LogP contribution in [0, 0.1) is 11.8 Å². The Morgan fingerprint density at radius 2 is 1.86 bits per heavy atom. The molecule has 4 heteroatoms. The molecule has 4 nitrogen and oxygen atoms in total. The Balaban J connectivity index is 2.00. The van der Waals surface area contributed by atoms with Gasteiger partial charge in [0, 0.05) is 5.56 Å². The molecule has 1 aliphatic heterocycles. The minimum Gasteiger partial charge on any atom is -0.503 e. The van der Waals surface area contributed by atoms with Crippen LogP contribution >= 0.6 is 0 Å². The molecule has 0 unspecified atom stereocenters. The third-order valence-electron chi connectivity index (χ3n) is 5.47. The molecular weight excluding hydrogens is 362 g/mol. The highest BCUT2D eigenvalue weighted by atomic mass is 16.5. The zero-order chi connectivity index (χ0) is 20.9. The molecule has 29 heavy (non-hydrogen) atoms. The summed E-state index contributed by atoms with van der Waals surface area (Å²) in [6.07, 6.45) is 5.22. The van der Waals surface area contributed by atoms with Gasteiger partial charge in [0.25, 0.3) is 0 Å². The first kappa shape index (κ1) is 21.0. The van der Waals surface area contributed by atoms with Crippen molar-refractivity contribution >= 4 is 22.3 Å². The number of likely N-dealkylation sites (tertiary alicyclic amines) is 1. The third-order valence-corrected chi connectivity index (χ3v) is 5.47. The van der Waals surface area contributed by atoms with E-state index in [9.17, 15) is 4.79 Å². The third kappa shape index (κ3) is 4.81. The highest BCUT2D eigenvalue weighted by Gasteiger charge is 2.25. The number of benzene rings is 2. The van der Waals surface area contributed by atoms with Crippen LogP contribution in [0.5, 0.6) is 0 Å². The first-order chi connectivity index (χ1) is 14.0. The molecule has 152 valence electrons. The Morgan fingerprint density at radius 3 is 2.55 bits per heavy atom. The first-order valence-corrected chi connectivity index (χ1v) is 10.1. The van der Waals surface area contributed by atoms with Crippen molar-refractivity contribution in [1.29, 1.82) is 0 Å². The van der Waals surface area contributed by atoms with Gasteiger partial charge in [0.1, 0.15) is 5.57 Å². The molecule has 0 aromatic heterocycles. The average Bonchev–Trinajstić information content (AvgIpc) is 2.76. The standard InChI is InChI=1S/C25H29NO3/c1-25(2,26-15-6-5-7-16-26)14-13-19-11-12-20-9-8-10-21(22(20)17-19)23(18-28-3)24(27)29-4/h8-12,17-18H,5-7,15-16H2,1-4H3/b23-18+. The first-order valence-electron chi connectivity index (χ1n) is 10.1. The van der Waals surface area contributed by atoms with E-state index in [0.717, 1.165) is 35.0 Å². The molecule has 1 heterocycles. The number of ether oxygens (including phenoxy) is 2. The van der Waals surface area contributed by atoms with E-state index in [2.05, 4.69) is 30.6 Å². The fourth-order valence-electron chi connectivity index (χ4n) is 3.79. The van der Waals surface area contributed by atoms with Crippen LogP contribution in [0.4, 0.5) is 0 Å². The van der Waals surface area contributed by atoms with Crippen LogP contribution in [0.3, 0.4) is 0 Å². The lowest BCUT2D eigenvalue weighted by molar-refractivity contribution is -0.133. The van der Waals surface area contributed by atoms with E-state index in [-0.39, 0.29) is 5.54 Å². The second-order valence-electron chi connectivity index (χ2n) is 7.86. The van der Waals surface area contributed by atoms with Crippen molar-refractivity contribution in [3.8, 4) is 11.8 Å². The maximum Gasteiger partial charge on any atom is 0.341 e. The molecular formula is C25H29NO3. The number of carbonyl (C=O) groups is 1. The smallest absolute Gasteiger partial charge is 0.341 e. The summed E-state index contributed by atoms with van der Waals surface area (Å²) >= 11 is 0. The summed E-state index contributed by atoms with van der Waals surface area (Å²) in [4.78, 5) is 14.7. The summed E-state index contributed by atoms with van der Waals surface area (Å²) in [7, 11) is 2.89. The normalized spacial score (nSPS) is 15.5. The number of fused-ring (bicyclic) bond motifs is 1. The predicted octanol–water partition coefficient (Wildman–Crippen LogP) is 4.62. The molecule has 1 aliphatic rings. The molecule has 0 atom stereocenters. The van der Waals surface area contributed by atoms with Crippen molar-refractivity contribution in [3.63, 3.8) is 0 Å². The molecule has 0 N–H and O–H groups in total. The second-order valence-corrected chi connectivity index (χ2v) is 7.86. The minimum atomic E-state index is -0.429. The highest BCUT2D eigenvalue weighted by molar-refractivity contribution is 6.20. The van der Waals surface area contributed by atoms with Crippen LogP contribution in [0.25, 0.3) is 16.3 Å². The van der Waals surface area contributed by atoms with Gasteiger partial charge in [-0.15, -0.1) is 0 Å². The van der Waals surface area contributed by atoms with Crippen LogP contribution in [-0.2, 0) is 14.3 Å². The molecule has 3 rings (SSSR count). The Labute approximate surface area is 173 Å². The molecule has 0 saturated carbocycles. The minimum absolute atomic E-state index is 0.165. The van der Waals surface area contributed by atoms with Gasteiger partial charge in [0.15, 0.2) is 0 Å². The summed E-state index contributed by atoms with van der Waals surface area (Å²) in [5.74, 6) is 6.39. The van der Waals surface area contributed by atoms with Crippen molar-refractivity contribution in [2.45, 2.75) is 38.6 Å². The molecule has 0 amide bonds. The zero-order valence-electron chi connectivity index (χ0n) is 17.7.